The summed E-state index contributed by atoms with van der Waals surface area (Å²) in [6.07, 6.45) is 4.18. The SMILES string of the molecule is Nc1cc(C2CCCNC2)nc2c(I)cnn12. The Morgan fingerprint density at radius 1 is 1.53 bits per heavy atom. The van der Waals surface area contributed by atoms with Crippen LogP contribution in [0.5, 0.6) is 0 Å². The molecule has 3 heterocycles. The van der Waals surface area contributed by atoms with Crippen LogP contribution in [0.1, 0.15) is 24.5 Å². The lowest BCUT2D eigenvalue weighted by molar-refractivity contribution is 0.455. The van der Waals surface area contributed by atoms with E-state index < -0.39 is 0 Å². The highest BCUT2D eigenvalue weighted by atomic mass is 127. The van der Waals surface area contributed by atoms with Gasteiger partial charge in [-0.15, -0.1) is 0 Å². The minimum atomic E-state index is 0.474. The molecule has 1 aliphatic rings. The van der Waals surface area contributed by atoms with Gasteiger partial charge in [0, 0.05) is 18.5 Å². The van der Waals surface area contributed by atoms with E-state index in [1.165, 1.54) is 12.8 Å². The summed E-state index contributed by atoms with van der Waals surface area (Å²) in [5.74, 6) is 1.14. The van der Waals surface area contributed by atoms with E-state index >= 15 is 0 Å². The monoisotopic (exact) mass is 343 g/mol. The van der Waals surface area contributed by atoms with Gasteiger partial charge in [-0.05, 0) is 42.0 Å². The van der Waals surface area contributed by atoms with Crippen molar-refractivity contribution < 1.29 is 0 Å². The molecule has 0 spiro atoms. The lowest BCUT2D eigenvalue weighted by atomic mass is 9.96. The number of nitrogens with two attached hydrogens (primary N) is 1. The minimum absolute atomic E-state index is 0.474. The van der Waals surface area contributed by atoms with E-state index in [9.17, 15) is 0 Å². The average molecular weight is 343 g/mol. The molecule has 0 aromatic carbocycles. The number of piperidine rings is 1. The van der Waals surface area contributed by atoms with Gasteiger partial charge in [-0.1, -0.05) is 0 Å². The van der Waals surface area contributed by atoms with Crippen molar-refractivity contribution in [1.29, 1.82) is 0 Å². The molecule has 5 nitrogen and oxygen atoms in total. The van der Waals surface area contributed by atoms with Crippen LogP contribution < -0.4 is 11.1 Å². The zero-order chi connectivity index (χ0) is 11.8. The molecule has 3 rings (SSSR count). The summed E-state index contributed by atoms with van der Waals surface area (Å²) in [6, 6.07) is 1.95. The number of halogens is 1. The number of anilines is 1. The van der Waals surface area contributed by atoms with Crippen molar-refractivity contribution in [3.63, 3.8) is 0 Å². The predicted octanol–water partition coefficient (Wildman–Crippen LogP) is 1.38. The highest BCUT2D eigenvalue weighted by molar-refractivity contribution is 14.1. The van der Waals surface area contributed by atoms with Crippen LogP contribution in [-0.2, 0) is 0 Å². The number of hydrogen-bond acceptors (Lipinski definition) is 4. The number of rotatable bonds is 1. The van der Waals surface area contributed by atoms with Crippen LogP contribution in [0.25, 0.3) is 5.65 Å². The summed E-state index contributed by atoms with van der Waals surface area (Å²) in [4.78, 5) is 4.69. The molecule has 17 heavy (non-hydrogen) atoms. The predicted molar refractivity (Wildman–Crippen MR) is 75.0 cm³/mol. The van der Waals surface area contributed by atoms with E-state index in [4.69, 9.17) is 10.7 Å². The van der Waals surface area contributed by atoms with Crippen molar-refractivity contribution in [3.8, 4) is 0 Å². The van der Waals surface area contributed by atoms with E-state index in [1.807, 2.05) is 6.07 Å². The lowest BCUT2D eigenvalue weighted by Gasteiger charge is -2.22. The topological polar surface area (TPSA) is 68.2 Å². The smallest absolute Gasteiger partial charge is 0.171 e. The number of nitrogen functional groups attached to an aromatic ring is 1. The molecule has 2 aromatic heterocycles. The van der Waals surface area contributed by atoms with Crippen LogP contribution in [0, 0.1) is 3.57 Å². The largest absolute Gasteiger partial charge is 0.384 e. The fourth-order valence-electron chi connectivity index (χ4n) is 2.29. The average Bonchev–Trinajstić information content (AvgIpc) is 2.73. The first-order valence-corrected chi connectivity index (χ1v) is 6.84. The van der Waals surface area contributed by atoms with Gasteiger partial charge in [-0.2, -0.15) is 9.61 Å². The Morgan fingerprint density at radius 2 is 2.41 bits per heavy atom. The van der Waals surface area contributed by atoms with Gasteiger partial charge in [0.1, 0.15) is 5.82 Å². The van der Waals surface area contributed by atoms with Crippen molar-refractivity contribution in [3.05, 3.63) is 21.5 Å². The van der Waals surface area contributed by atoms with Gasteiger partial charge in [-0.3, -0.25) is 0 Å². The third kappa shape index (κ3) is 1.99. The van der Waals surface area contributed by atoms with Gasteiger partial charge < -0.3 is 11.1 Å². The van der Waals surface area contributed by atoms with E-state index in [0.29, 0.717) is 11.7 Å². The summed E-state index contributed by atoms with van der Waals surface area (Å²) in [5, 5.41) is 7.61. The van der Waals surface area contributed by atoms with Crippen molar-refractivity contribution in [2.45, 2.75) is 18.8 Å². The molecule has 2 aromatic rings. The fraction of sp³-hybridized carbons (Fsp3) is 0.455. The molecule has 0 aliphatic carbocycles. The number of nitrogens with one attached hydrogen (secondary N) is 1. The van der Waals surface area contributed by atoms with E-state index in [2.05, 4.69) is 33.0 Å². The van der Waals surface area contributed by atoms with Gasteiger partial charge in [-0.25, -0.2) is 4.98 Å². The van der Waals surface area contributed by atoms with E-state index in [-0.39, 0.29) is 0 Å². The Balaban J connectivity index is 2.07. The first kappa shape index (κ1) is 11.2. The Morgan fingerprint density at radius 3 is 3.18 bits per heavy atom. The second kappa shape index (κ2) is 4.41. The molecule has 1 fully saturated rings. The second-order valence-corrected chi connectivity index (χ2v) is 5.54. The molecule has 90 valence electrons. The molecule has 1 atom stereocenters. The highest BCUT2D eigenvalue weighted by Crippen LogP contribution is 2.25. The van der Waals surface area contributed by atoms with Gasteiger partial charge in [0.05, 0.1) is 15.5 Å². The molecule has 1 aliphatic heterocycles. The van der Waals surface area contributed by atoms with E-state index in [0.717, 1.165) is 28.0 Å². The first-order chi connectivity index (χ1) is 8.25. The van der Waals surface area contributed by atoms with Crippen LogP contribution in [0.4, 0.5) is 5.82 Å². The van der Waals surface area contributed by atoms with Crippen LogP contribution in [0.3, 0.4) is 0 Å². The van der Waals surface area contributed by atoms with Crippen LogP contribution in [0.15, 0.2) is 12.3 Å². The number of nitrogens with zero attached hydrogens (tertiary/aromatic N) is 3. The van der Waals surface area contributed by atoms with Crippen molar-refractivity contribution in [1.82, 2.24) is 19.9 Å². The molecular formula is C11H14IN5. The Labute approximate surface area is 113 Å². The molecular weight excluding hydrogens is 329 g/mol. The van der Waals surface area contributed by atoms with Crippen LogP contribution >= 0.6 is 22.6 Å². The standard InChI is InChI=1S/C11H14IN5/c12-8-6-15-17-10(13)4-9(16-11(8)17)7-2-1-3-14-5-7/h4,6-7,14H,1-3,5,13H2. The fourth-order valence-corrected chi connectivity index (χ4v) is 2.77. The number of hydrogen-bond donors (Lipinski definition) is 2. The third-order valence-electron chi connectivity index (χ3n) is 3.19. The molecule has 6 heteroatoms. The number of aromatic nitrogens is 3. The van der Waals surface area contributed by atoms with Crippen molar-refractivity contribution in [2.75, 3.05) is 18.8 Å². The highest BCUT2D eigenvalue weighted by Gasteiger charge is 2.18. The maximum atomic E-state index is 6.01. The van der Waals surface area contributed by atoms with Crippen LogP contribution in [-0.4, -0.2) is 27.7 Å². The minimum Gasteiger partial charge on any atom is -0.384 e. The van der Waals surface area contributed by atoms with Crippen molar-refractivity contribution >= 4 is 34.1 Å². The summed E-state index contributed by atoms with van der Waals surface area (Å²) in [6.45, 7) is 2.10. The molecule has 0 saturated carbocycles. The zero-order valence-corrected chi connectivity index (χ0v) is 11.5. The molecule has 1 saturated heterocycles. The Hall–Kier alpha value is -0.890. The molecule has 1 unspecified atom stereocenters. The maximum Gasteiger partial charge on any atom is 0.171 e. The Bertz CT molecular complexity index is 544. The summed E-state index contributed by atoms with van der Waals surface area (Å²) in [7, 11) is 0. The molecule has 0 radical (unpaired) electrons. The van der Waals surface area contributed by atoms with Crippen molar-refractivity contribution in [2.24, 2.45) is 0 Å². The normalized spacial score (nSPS) is 20.9. The molecule has 0 amide bonds. The Kier molecular flexibility index (Phi) is 2.91. The first-order valence-electron chi connectivity index (χ1n) is 5.76. The molecule has 3 N–H and O–H groups in total. The quantitative estimate of drug-likeness (QED) is 0.768. The van der Waals surface area contributed by atoms with Gasteiger partial charge >= 0.3 is 0 Å². The summed E-state index contributed by atoms with van der Waals surface area (Å²) in [5.41, 5.74) is 7.96. The summed E-state index contributed by atoms with van der Waals surface area (Å²) < 4.78 is 2.74. The third-order valence-corrected chi connectivity index (χ3v) is 3.95. The molecule has 0 bridgehead atoms. The second-order valence-electron chi connectivity index (χ2n) is 4.38. The summed E-state index contributed by atoms with van der Waals surface area (Å²) >= 11 is 2.24. The van der Waals surface area contributed by atoms with Gasteiger partial charge in [0.15, 0.2) is 5.65 Å². The van der Waals surface area contributed by atoms with Gasteiger partial charge in [0.2, 0.25) is 0 Å². The zero-order valence-electron chi connectivity index (χ0n) is 9.36. The lowest BCUT2D eigenvalue weighted by Crippen LogP contribution is -2.29. The van der Waals surface area contributed by atoms with Crippen LogP contribution in [0.2, 0.25) is 0 Å². The van der Waals surface area contributed by atoms with E-state index in [1.54, 1.807) is 10.7 Å². The number of fused-ring (bicyclic) bond motifs is 1. The maximum absolute atomic E-state index is 6.01. The van der Waals surface area contributed by atoms with Gasteiger partial charge in [0.25, 0.3) is 0 Å².